The minimum absolute atomic E-state index is 0.0225. The molecule has 0 bridgehead atoms. The average molecular weight is 332 g/mol. The van der Waals surface area contributed by atoms with Gasteiger partial charge in [0.05, 0.1) is 0 Å². The van der Waals surface area contributed by atoms with Crippen LogP contribution in [0.2, 0.25) is 0 Å². The number of para-hydroxylation sites is 2. The predicted molar refractivity (Wildman–Crippen MR) is 103 cm³/mol. The fourth-order valence-electron chi connectivity index (χ4n) is 3.29. The molecule has 0 fully saturated rings. The summed E-state index contributed by atoms with van der Waals surface area (Å²) in [5.41, 5.74) is 4.84. The molecule has 128 valence electrons. The predicted octanol–water partition coefficient (Wildman–Crippen LogP) is 5.12. The number of ether oxygens (including phenoxy) is 1. The van der Waals surface area contributed by atoms with Crippen LogP contribution in [0.3, 0.4) is 0 Å². The van der Waals surface area contributed by atoms with Gasteiger partial charge in [0, 0.05) is 40.8 Å². The molecular weight excluding hydrogens is 308 g/mol. The lowest BCUT2D eigenvalue weighted by Gasteiger charge is -2.30. The quantitative estimate of drug-likeness (QED) is 0.684. The van der Waals surface area contributed by atoms with Crippen molar-refractivity contribution in [3.63, 3.8) is 0 Å². The molecule has 25 heavy (non-hydrogen) atoms. The normalized spacial score (nSPS) is 18.8. The standard InChI is InChI=1S/C22H24N2O/c1-22(2,3)24-13-16-12-15-8-4-7-11-20(15)25-21(16)18-14-23-19-10-6-5-9-17(18)19/h4-11,13-14,21,23-24H,12H2,1-3H3. The van der Waals surface area contributed by atoms with Crippen molar-refractivity contribution < 1.29 is 4.74 Å². The summed E-state index contributed by atoms with van der Waals surface area (Å²) in [4.78, 5) is 3.37. The van der Waals surface area contributed by atoms with Crippen molar-refractivity contribution in [1.29, 1.82) is 0 Å². The highest BCUT2D eigenvalue weighted by molar-refractivity contribution is 5.84. The summed E-state index contributed by atoms with van der Waals surface area (Å²) in [6.07, 6.45) is 5.03. The van der Waals surface area contributed by atoms with Crippen molar-refractivity contribution in [3.05, 3.63) is 77.6 Å². The van der Waals surface area contributed by atoms with Gasteiger partial charge in [0.15, 0.2) is 0 Å². The molecule has 1 aliphatic heterocycles. The van der Waals surface area contributed by atoms with Crippen molar-refractivity contribution >= 4 is 10.9 Å². The molecule has 3 heteroatoms. The average Bonchev–Trinajstić information content (AvgIpc) is 3.02. The van der Waals surface area contributed by atoms with Crippen LogP contribution >= 0.6 is 0 Å². The van der Waals surface area contributed by atoms with Crippen LogP contribution in [0.4, 0.5) is 0 Å². The topological polar surface area (TPSA) is 37.0 Å². The number of nitrogens with one attached hydrogen (secondary N) is 2. The molecule has 2 heterocycles. The Balaban J connectivity index is 1.79. The van der Waals surface area contributed by atoms with E-state index in [1.807, 2.05) is 6.07 Å². The second-order valence-electron chi connectivity index (χ2n) is 7.69. The van der Waals surface area contributed by atoms with Crippen LogP contribution in [-0.2, 0) is 6.42 Å². The Bertz CT molecular complexity index is 930. The van der Waals surface area contributed by atoms with E-state index in [0.717, 1.165) is 17.7 Å². The van der Waals surface area contributed by atoms with E-state index in [2.05, 4.69) is 85.9 Å². The third kappa shape index (κ3) is 3.14. The van der Waals surface area contributed by atoms with E-state index in [9.17, 15) is 0 Å². The van der Waals surface area contributed by atoms with Gasteiger partial charge in [-0.1, -0.05) is 36.4 Å². The lowest BCUT2D eigenvalue weighted by atomic mass is 9.92. The summed E-state index contributed by atoms with van der Waals surface area (Å²) in [6, 6.07) is 16.7. The van der Waals surface area contributed by atoms with E-state index in [1.165, 1.54) is 22.1 Å². The van der Waals surface area contributed by atoms with Gasteiger partial charge in [0.2, 0.25) is 0 Å². The van der Waals surface area contributed by atoms with E-state index < -0.39 is 0 Å². The van der Waals surface area contributed by atoms with Gasteiger partial charge in [-0.15, -0.1) is 0 Å². The summed E-state index contributed by atoms with van der Waals surface area (Å²) in [5.74, 6) is 0.977. The summed E-state index contributed by atoms with van der Waals surface area (Å²) >= 11 is 0. The molecule has 2 N–H and O–H groups in total. The van der Waals surface area contributed by atoms with Gasteiger partial charge in [-0.2, -0.15) is 0 Å². The number of aromatic amines is 1. The number of aromatic nitrogens is 1. The first kappa shape index (κ1) is 15.8. The van der Waals surface area contributed by atoms with E-state index in [1.54, 1.807) is 0 Å². The Morgan fingerprint density at radius 2 is 1.84 bits per heavy atom. The fourth-order valence-corrected chi connectivity index (χ4v) is 3.29. The number of benzene rings is 2. The molecule has 0 saturated heterocycles. The Hall–Kier alpha value is -2.68. The van der Waals surface area contributed by atoms with E-state index in [4.69, 9.17) is 4.74 Å². The number of hydrogen-bond donors (Lipinski definition) is 2. The largest absolute Gasteiger partial charge is 0.481 e. The third-order valence-corrected chi connectivity index (χ3v) is 4.54. The second kappa shape index (κ2) is 5.99. The van der Waals surface area contributed by atoms with Crippen molar-refractivity contribution in [2.24, 2.45) is 0 Å². The minimum Gasteiger partial charge on any atom is -0.481 e. The molecule has 0 amide bonds. The first-order valence-corrected chi connectivity index (χ1v) is 8.78. The first-order valence-electron chi connectivity index (χ1n) is 8.78. The van der Waals surface area contributed by atoms with Crippen LogP contribution in [0.25, 0.3) is 10.9 Å². The van der Waals surface area contributed by atoms with Gasteiger partial charge < -0.3 is 15.0 Å². The zero-order valence-corrected chi connectivity index (χ0v) is 15.0. The summed E-state index contributed by atoms with van der Waals surface area (Å²) in [5, 5.41) is 4.73. The molecule has 1 aliphatic rings. The summed E-state index contributed by atoms with van der Waals surface area (Å²) in [6.45, 7) is 6.51. The number of fused-ring (bicyclic) bond motifs is 2. The SMILES string of the molecule is CC(C)(C)NC=C1Cc2ccccc2OC1c1c[nH]c2ccccc12. The van der Waals surface area contributed by atoms with Gasteiger partial charge in [0.1, 0.15) is 11.9 Å². The van der Waals surface area contributed by atoms with E-state index in [0.29, 0.717) is 0 Å². The van der Waals surface area contributed by atoms with Gasteiger partial charge >= 0.3 is 0 Å². The number of H-pyrrole nitrogens is 1. The molecule has 2 aromatic carbocycles. The molecule has 0 spiro atoms. The smallest absolute Gasteiger partial charge is 0.149 e. The molecular formula is C22H24N2O. The highest BCUT2D eigenvalue weighted by Gasteiger charge is 2.28. The summed E-state index contributed by atoms with van der Waals surface area (Å²) < 4.78 is 6.43. The lowest BCUT2D eigenvalue weighted by molar-refractivity contribution is 0.225. The van der Waals surface area contributed by atoms with Crippen LogP contribution in [0.5, 0.6) is 5.75 Å². The Kier molecular flexibility index (Phi) is 3.79. The van der Waals surface area contributed by atoms with Crippen molar-refractivity contribution in [3.8, 4) is 5.75 Å². The zero-order valence-electron chi connectivity index (χ0n) is 15.0. The third-order valence-electron chi connectivity index (χ3n) is 4.54. The van der Waals surface area contributed by atoms with Crippen molar-refractivity contribution in [1.82, 2.24) is 10.3 Å². The van der Waals surface area contributed by atoms with Crippen LogP contribution in [0.15, 0.2) is 66.5 Å². The highest BCUT2D eigenvalue weighted by atomic mass is 16.5. The van der Waals surface area contributed by atoms with Crippen LogP contribution in [-0.4, -0.2) is 10.5 Å². The second-order valence-corrected chi connectivity index (χ2v) is 7.69. The van der Waals surface area contributed by atoms with Gasteiger partial charge in [-0.05, 0) is 44.0 Å². The zero-order chi connectivity index (χ0) is 17.4. The molecule has 0 saturated carbocycles. The molecule has 3 nitrogen and oxygen atoms in total. The van der Waals surface area contributed by atoms with Crippen LogP contribution < -0.4 is 10.1 Å². The molecule has 0 radical (unpaired) electrons. The maximum Gasteiger partial charge on any atom is 0.149 e. The molecule has 1 aromatic heterocycles. The maximum absolute atomic E-state index is 6.43. The van der Waals surface area contributed by atoms with E-state index in [-0.39, 0.29) is 11.6 Å². The molecule has 3 aromatic rings. The van der Waals surface area contributed by atoms with Crippen LogP contribution in [0, 0.1) is 0 Å². The Labute approximate surface area is 148 Å². The number of hydrogen-bond acceptors (Lipinski definition) is 2. The molecule has 1 unspecified atom stereocenters. The highest BCUT2D eigenvalue weighted by Crippen LogP contribution is 2.40. The maximum atomic E-state index is 6.43. The fraction of sp³-hybridized carbons (Fsp3) is 0.273. The van der Waals surface area contributed by atoms with Crippen molar-refractivity contribution in [2.45, 2.75) is 38.8 Å². The number of rotatable bonds is 2. The van der Waals surface area contributed by atoms with Crippen LogP contribution in [0.1, 0.15) is 38.0 Å². The first-order chi connectivity index (χ1) is 12.0. The molecule has 4 rings (SSSR count). The Morgan fingerprint density at radius 3 is 2.68 bits per heavy atom. The molecule has 0 aliphatic carbocycles. The van der Waals surface area contributed by atoms with Gasteiger partial charge in [-0.3, -0.25) is 0 Å². The minimum atomic E-state index is -0.0825. The van der Waals surface area contributed by atoms with Crippen molar-refractivity contribution in [2.75, 3.05) is 0 Å². The van der Waals surface area contributed by atoms with Gasteiger partial charge in [-0.25, -0.2) is 0 Å². The van der Waals surface area contributed by atoms with E-state index >= 15 is 0 Å². The Morgan fingerprint density at radius 1 is 1.08 bits per heavy atom. The summed E-state index contributed by atoms with van der Waals surface area (Å²) in [7, 11) is 0. The lowest BCUT2D eigenvalue weighted by Crippen LogP contribution is -2.32. The molecule has 1 atom stereocenters. The van der Waals surface area contributed by atoms with Gasteiger partial charge in [0.25, 0.3) is 0 Å². The monoisotopic (exact) mass is 332 g/mol.